The molecule has 4 rings (SSSR count). The normalized spacial score (nSPS) is 24.8. The molecule has 2 saturated heterocycles. The van der Waals surface area contributed by atoms with Gasteiger partial charge >= 0.3 is 6.09 Å². The molecule has 2 aliphatic heterocycles. The number of carbonyl (C=O) groups excluding carboxylic acids is 2. The Hall–Kier alpha value is -3.34. The standard InChI is InChI=1S/C41H63N3O11/c1-29(2)41(38(48)42-15-18-50-21-23-52-25-26-53-24-22-51-19-16-45)37-32(27-30-11-13-33(14-12-30)54-20-17-46)28-34(47)35(43-39(49)55-40(3,4)5)36(44(37)41)31-9-7-6-8-10-31/h6-14,29,32,34-37,45-47H,15-28H2,1-5H3,(H,42,48)(H,43,49)/t32-,34+,35-,36?,37?,41-,44?/m1/s1. The topological polar surface area (TPSA) is 177 Å². The maximum absolute atomic E-state index is 14.6. The SMILES string of the molecule is CC(C)[C@]1(C(=O)NCCOCCOCCOCCOCCO)C2[C@H](Cc3ccc(OCCO)cc3)C[C@H](O)[C@@H](NC(=O)OC(C)(C)C)C(c3ccccc3)N21. The highest BCUT2D eigenvalue weighted by atomic mass is 16.6. The highest BCUT2D eigenvalue weighted by molar-refractivity contribution is 5.91. The molecule has 0 aromatic heterocycles. The molecule has 2 amide bonds. The van der Waals surface area contributed by atoms with Gasteiger partial charge in [-0.2, -0.15) is 0 Å². The Balaban J connectivity index is 1.51. The van der Waals surface area contributed by atoms with Crippen molar-refractivity contribution in [1.82, 2.24) is 15.5 Å². The second kappa shape index (κ2) is 21.8. The summed E-state index contributed by atoms with van der Waals surface area (Å²) in [6.45, 7) is 12.9. The van der Waals surface area contributed by atoms with Crippen molar-refractivity contribution < 1.29 is 53.3 Å². The number of aliphatic hydroxyl groups excluding tert-OH is 3. The smallest absolute Gasteiger partial charge is 0.408 e. The van der Waals surface area contributed by atoms with Gasteiger partial charge in [0.05, 0.1) is 84.3 Å². The molecule has 0 bridgehead atoms. The van der Waals surface area contributed by atoms with Crippen LogP contribution >= 0.6 is 0 Å². The number of benzene rings is 2. The van der Waals surface area contributed by atoms with E-state index in [0.29, 0.717) is 78.0 Å². The van der Waals surface area contributed by atoms with Crippen molar-refractivity contribution in [3.63, 3.8) is 0 Å². The monoisotopic (exact) mass is 773 g/mol. The van der Waals surface area contributed by atoms with Gasteiger partial charge in [0.15, 0.2) is 0 Å². The summed E-state index contributed by atoms with van der Waals surface area (Å²) < 4.78 is 33.2. The van der Waals surface area contributed by atoms with Crippen LogP contribution in [0.4, 0.5) is 4.79 Å². The minimum Gasteiger partial charge on any atom is -0.491 e. The van der Waals surface area contributed by atoms with Crippen molar-refractivity contribution in [2.45, 2.75) is 82.8 Å². The number of carbonyl (C=O) groups is 2. The fraction of sp³-hybridized carbons (Fsp3) is 0.659. The maximum Gasteiger partial charge on any atom is 0.408 e. The second-order valence-corrected chi connectivity index (χ2v) is 15.3. The second-order valence-electron chi connectivity index (χ2n) is 15.3. The third-order valence-electron chi connectivity index (χ3n) is 9.89. The van der Waals surface area contributed by atoms with Gasteiger partial charge in [-0.3, -0.25) is 9.69 Å². The minimum absolute atomic E-state index is 0.0135. The molecule has 55 heavy (non-hydrogen) atoms. The molecular weight excluding hydrogens is 710 g/mol. The first-order valence-corrected chi connectivity index (χ1v) is 19.5. The summed E-state index contributed by atoms with van der Waals surface area (Å²) in [5.41, 5.74) is 0.191. The molecule has 2 aliphatic rings. The largest absolute Gasteiger partial charge is 0.491 e. The van der Waals surface area contributed by atoms with E-state index in [1.807, 2.05) is 68.4 Å². The van der Waals surface area contributed by atoms with Gasteiger partial charge in [-0.15, -0.1) is 0 Å². The van der Waals surface area contributed by atoms with Crippen LogP contribution in [-0.4, -0.2) is 141 Å². The zero-order valence-corrected chi connectivity index (χ0v) is 33.1. The van der Waals surface area contributed by atoms with Gasteiger partial charge in [0.25, 0.3) is 0 Å². The van der Waals surface area contributed by atoms with E-state index in [4.69, 9.17) is 33.5 Å². The van der Waals surface area contributed by atoms with Crippen LogP contribution in [0.25, 0.3) is 0 Å². The van der Waals surface area contributed by atoms with Crippen LogP contribution in [0.3, 0.4) is 0 Å². The van der Waals surface area contributed by atoms with Crippen LogP contribution in [-0.2, 0) is 34.9 Å². The molecule has 14 heteroatoms. The van der Waals surface area contributed by atoms with Crippen molar-refractivity contribution in [3.05, 3.63) is 65.7 Å². The lowest BCUT2D eigenvalue weighted by Gasteiger charge is -2.36. The number of hydrogen-bond donors (Lipinski definition) is 5. The maximum atomic E-state index is 14.6. The molecule has 7 atom stereocenters. The first-order valence-electron chi connectivity index (χ1n) is 19.5. The van der Waals surface area contributed by atoms with Gasteiger partial charge in [0, 0.05) is 12.6 Å². The fourth-order valence-electron chi connectivity index (χ4n) is 7.69. The van der Waals surface area contributed by atoms with Crippen LogP contribution < -0.4 is 15.4 Å². The first kappa shape index (κ1) is 44.4. The van der Waals surface area contributed by atoms with Crippen LogP contribution in [0, 0.1) is 11.8 Å². The van der Waals surface area contributed by atoms with Gasteiger partial charge in [0.1, 0.15) is 23.5 Å². The van der Waals surface area contributed by atoms with E-state index in [-0.39, 0.29) is 43.6 Å². The molecule has 5 N–H and O–H groups in total. The minimum atomic E-state index is -0.949. The zero-order chi connectivity index (χ0) is 39.8. The van der Waals surface area contributed by atoms with Crippen LogP contribution in [0.1, 0.15) is 58.2 Å². The van der Waals surface area contributed by atoms with E-state index in [0.717, 1.165) is 11.1 Å². The Kier molecular flexibility index (Phi) is 17.6. The van der Waals surface area contributed by atoms with E-state index in [2.05, 4.69) is 15.5 Å². The van der Waals surface area contributed by atoms with Gasteiger partial charge in [-0.1, -0.05) is 56.3 Å². The molecule has 2 fully saturated rings. The number of rotatable bonds is 23. The number of amides is 2. The lowest BCUT2D eigenvalue weighted by atomic mass is 9.78. The van der Waals surface area contributed by atoms with Crippen LogP contribution in [0.2, 0.25) is 0 Å². The summed E-state index contributed by atoms with van der Waals surface area (Å²) >= 11 is 0. The van der Waals surface area contributed by atoms with Gasteiger partial charge < -0.3 is 54.4 Å². The average Bonchev–Trinajstić information content (AvgIpc) is 3.86. The number of nitrogens with one attached hydrogen (secondary N) is 2. The Bertz CT molecular complexity index is 1420. The summed E-state index contributed by atoms with van der Waals surface area (Å²) in [7, 11) is 0. The van der Waals surface area contributed by atoms with Gasteiger partial charge in [0.2, 0.25) is 5.91 Å². The Labute approximate surface area is 325 Å². The van der Waals surface area contributed by atoms with Crippen LogP contribution in [0.15, 0.2) is 54.6 Å². The van der Waals surface area contributed by atoms with Crippen molar-refractivity contribution in [1.29, 1.82) is 0 Å². The molecule has 2 aromatic carbocycles. The lowest BCUT2D eigenvalue weighted by molar-refractivity contribution is -0.127. The van der Waals surface area contributed by atoms with E-state index < -0.39 is 35.4 Å². The predicted octanol–water partition coefficient (Wildman–Crippen LogP) is 2.87. The van der Waals surface area contributed by atoms with Crippen molar-refractivity contribution >= 4 is 12.0 Å². The Morgan fingerprint density at radius 2 is 1.42 bits per heavy atom. The summed E-state index contributed by atoms with van der Waals surface area (Å²) in [5, 5.41) is 36.0. The number of aliphatic hydroxyl groups is 3. The predicted molar refractivity (Wildman–Crippen MR) is 206 cm³/mol. The van der Waals surface area contributed by atoms with Gasteiger partial charge in [-0.25, -0.2) is 4.79 Å². The number of hydrogen-bond acceptors (Lipinski definition) is 12. The Morgan fingerprint density at radius 1 is 0.836 bits per heavy atom. The molecule has 2 aromatic rings. The summed E-state index contributed by atoms with van der Waals surface area (Å²) in [4.78, 5) is 30.2. The molecule has 0 spiro atoms. The quantitative estimate of drug-likeness (QED) is 0.0826. The fourth-order valence-corrected chi connectivity index (χ4v) is 7.69. The highest BCUT2D eigenvalue weighted by Crippen LogP contribution is 2.60. The van der Waals surface area contributed by atoms with E-state index in [1.54, 1.807) is 20.8 Å². The molecule has 0 aliphatic carbocycles. The third kappa shape index (κ3) is 12.6. The lowest BCUT2D eigenvalue weighted by Crippen LogP contribution is -2.54. The van der Waals surface area contributed by atoms with Crippen LogP contribution in [0.5, 0.6) is 5.75 Å². The van der Waals surface area contributed by atoms with E-state index >= 15 is 0 Å². The molecule has 0 saturated carbocycles. The van der Waals surface area contributed by atoms with E-state index in [9.17, 15) is 19.8 Å². The number of alkyl carbamates (subject to hydrolysis) is 1. The molecule has 3 unspecified atom stereocenters. The summed E-state index contributed by atoms with van der Waals surface area (Å²) in [6.07, 6.45) is -0.665. The third-order valence-corrected chi connectivity index (χ3v) is 9.89. The molecule has 0 radical (unpaired) electrons. The van der Waals surface area contributed by atoms with E-state index in [1.165, 1.54) is 0 Å². The molecule has 308 valence electrons. The molecular formula is C41H63N3O11. The van der Waals surface area contributed by atoms with Crippen molar-refractivity contribution in [3.8, 4) is 5.75 Å². The average molecular weight is 774 g/mol. The number of nitrogens with zero attached hydrogens (tertiary/aromatic N) is 1. The number of fused-ring (bicyclic) bond motifs is 1. The number of ether oxygens (including phenoxy) is 6. The van der Waals surface area contributed by atoms with Crippen molar-refractivity contribution in [2.75, 3.05) is 79.2 Å². The summed E-state index contributed by atoms with van der Waals surface area (Å²) in [5.74, 6) is 0.233. The zero-order valence-electron chi connectivity index (χ0n) is 33.1. The van der Waals surface area contributed by atoms with Crippen molar-refractivity contribution in [2.24, 2.45) is 11.8 Å². The van der Waals surface area contributed by atoms with Gasteiger partial charge in [-0.05, 0) is 68.7 Å². The molecule has 2 heterocycles. The molecule has 14 nitrogen and oxygen atoms in total. The highest BCUT2D eigenvalue weighted by Gasteiger charge is 2.75. The summed E-state index contributed by atoms with van der Waals surface area (Å²) in [6, 6.07) is 15.8. The Morgan fingerprint density at radius 3 is 1.98 bits per heavy atom. The first-order chi connectivity index (χ1) is 26.4.